The first kappa shape index (κ1) is 14.5. The van der Waals surface area contributed by atoms with Crippen molar-refractivity contribution in [2.45, 2.75) is 19.3 Å². The van der Waals surface area contributed by atoms with Crippen molar-refractivity contribution in [1.82, 2.24) is 0 Å². The minimum atomic E-state index is -0.486. The molecule has 0 N–H and O–H groups in total. The highest BCUT2D eigenvalue weighted by Gasteiger charge is 2.19. The molecule has 0 saturated heterocycles. The molecule has 1 aliphatic heterocycles. The van der Waals surface area contributed by atoms with Gasteiger partial charge in [0.25, 0.3) is 0 Å². The Kier molecular flexibility index (Phi) is 5.08. The van der Waals surface area contributed by atoms with Crippen molar-refractivity contribution >= 4 is 17.6 Å². The van der Waals surface area contributed by atoms with Crippen LogP contribution in [-0.4, -0.2) is 25.8 Å². The van der Waals surface area contributed by atoms with Gasteiger partial charge in [-0.05, 0) is 18.6 Å². The number of carbonyl (C=O) groups excluding carboxylic acids is 1. The van der Waals surface area contributed by atoms with Gasteiger partial charge in [-0.15, -0.1) is 0 Å². The molecule has 6 heteroatoms. The predicted octanol–water partition coefficient (Wildman–Crippen LogP) is 2.96. The molecule has 0 bridgehead atoms. The van der Waals surface area contributed by atoms with E-state index in [0.29, 0.717) is 48.1 Å². The minimum absolute atomic E-state index is 0.207. The Labute approximate surface area is 122 Å². The number of esters is 1. The second-order valence-electron chi connectivity index (χ2n) is 4.23. The summed E-state index contributed by atoms with van der Waals surface area (Å²) in [6.07, 6.45) is 1.63. The lowest BCUT2D eigenvalue weighted by molar-refractivity contribution is 0.0501. The van der Waals surface area contributed by atoms with Crippen LogP contribution in [0.15, 0.2) is 12.1 Å². The number of nitrogens with zero attached hydrogens (tertiary/aromatic N) is 1. The average Bonchev–Trinajstić information content (AvgIpc) is 2.69. The van der Waals surface area contributed by atoms with Crippen LogP contribution >= 0.6 is 11.6 Å². The van der Waals surface area contributed by atoms with Crippen molar-refractivity contribution in [3.8, 4) is 17.6 Å². The maximum absolute atomic E-state index is 11.9. The molecule has 106 valence electrons. The Morgan fingerprint density at radius 3 is 3.00 bits per heavy atom. The largest absolute Gasteiger partial charge is 0.489 e. The summed E-state index contributed by atoms with van der Waals surface area (Å²) >= 11 is 6.09. The standard InChI is InChI=1S/C14H14ClNO4/c15-11-8-10(14(17)20-5-2-1-4-16)9-12-13(11)19-7-3-6-18-12/h8-9H,1-3,5-7H2. The molecule has 1 aromatic rings. The minimum Gasteiger partial charge on any atom is -0.489 e. The van der Waals surface area contributed by atoms with Crippen LogP contribution in [-0.2, 0) is 4.74 Å². The lowest BCUT2D eigenvalue weighted by Crippen LogP contribution is -2.07. The van der Waals surface area contributed by atoms with Crippen LogP contribution in [0.5, 0.6) is 11.5 Å². The summed E-state index contributed by atoms with van der Waals surface area (Å²) in [4.78, 5) is 11.9. The van der Waals surface area contributed by atoms with Crippen LogP contribution in [0.1, 0.15) is 29.6 Å². The Bertz CT molecular complexity index is 539. The van der Waals surface area contributed by atoms with Crippen LogP contribution in [0.2, 0.25) is 5.02 Å². The summed E-state index contributed by atoms with van der Waals surface area (Å²) < 4.78 is 16.0. The van der Waals surface area contributed by atoms with E-state index in [0.717, 1.165) is 6.42 Å². The molecule has 5 nitrogen and oxygen atoms in total. The number of hydrogen-bond donors (Lipinski definition) is 0. The number of fused-ring (bicyclic) bond motifs is 1. The summed E-state index contributed by atoms with van der Waals surface area (Å²) in [5.74, 6) is 0.435. The Hall–Kier alpha value is -1.93. The van der Waals surface area contributed by atoms with E-state index in [1.54, 1.807) is 6.07 Å². The Balaban J connectivity index is 2.09. The number of benzene rings is 1. The van der Waals surface area contributed by atoms with E-state index in [9.17, 15) is 4.79 Å². The van der Waals surface area contributed by atoms with Gasteiger partial charge >= 0.3 is 5.97 Å². The van der Waals surface area contributed by atoms with Crippen molar-refractivity contribution < 1.29 is 19.0 Å². The zero-order valence-electron chi connectivity index (χ0n) is 10.9. The van der Waals surface area contributed by atoms with Gasteiger partial charge in [-0.1, -0.05) is 11.6 Å². The first-order valence-electron chi connectivity index (χ1n) is 6.35. The second-order valence-corrected chi connectivity index (χ2v) is 4.64. The molecule has 0 aromatic heterocycles. The van der Waals surface area contributed by atoms with Gasteiger partial charge < -0.3 is 14.2 Å². The maximum Gasteiger partial charge on any atom is 0.338 e. The lowest BCUT2D eigenvalue weighted by Gasteiger charge is -2.11. The van der Waals surface area contributed by atoms with Crippen molar-refractivity contribution in [3.05, 3.63) is 22.7 Å². The van der Waals surface area contributed by atoms with Crippen LogP contribution < -0.4 is 9.47 Å². The van der Waals surface area contributed by atoms with E-state index >= 15 is 0 Å². The van der Waals surface area contributed by atoms with E-state index in [1.807, 2.05) is 6.07 Å². The molecule has 1 heterocycles. The van der Waals surface area contributed by atoms with Gasteiger partial charge in [0, 0.05) is 12.8 Å². The summed E-state index contributed by atoms with van der Waals surface area (Å²) in [7, 11) is 0. The summed E-state index contributed by atoms with van der Waals surface area (Å²) in [6.45, 7) is 1.26. The monoisotopic (exact) mass is 295 g/mol. The molecular formula is C14H14ClNO4. The number of ether oxygens (including phenoxy) is 3. The van der Waals surface area contributed by atoms with Crippen molar-refractivity contribution in [2.24, 2.45) is 0 Å². The molecule has 0 saturated carbocycles. The number of hydrogen-bond acceptors (Lipinski definition) is 5. The number of halogens is 1. The van der Waals surface area contributed by atoms with Crippen molar-refractivity contribution in [1.29, 1.82) is 5.26 Å². The molecule has 2 rings (SSSR count). The first-order valence-corrected chi connectivity index (χ1v) is 6.73. The number of nitriles is 1. The van der Waals surface area contributed by atoms with Gasteiger partial charge in [-0.2, -0.15) is 5.26 Å². The maximum atomic E-state index is 11.9. The smallest absolute Gasteiger partial charge is 0.338 e. The molecule has 0 atom stereocenters. The Morgan fingerprint density at radius 2 is 2.20 bits per heavy atom. The van der Waals surface area contributed by atoms with Gasteiger partial charge in [0.2, 0.25) is 0 Å². The van der Waals surface area contributed by atoms with Gasteiger partial charge in [0.15, 0.2) is 11.5 Å². The van der Waals surface area contributed by atoms with Crippen molar-refractivity contribution in [3.63, 3.8) is 0 Å². The van der Waals surface area contributed by atoms with E-state index in [2.05, 4.69) is 0 Å². The topological polar surface area (TPSA) is 68.5 Å². The zero-order valence-corrected chi connectivity index (χ0v) is 11.6. The van der Waals surface area contributed by atoms with Gasteiger partial charge in [0.05, 0.1) is 36.5 Å². The number of unbranched alkanes of at least 4 members (excludes halogenated alkanes) is 1. The molecule has 1 aliphatic rings. The summed E-state index contributed by atoms with van der Waals surface area (Å²) in [5, 5.41) is 8.73. The molecule has 0 radical (unpaired) electrons. The second kappa shape index (κ2) is 7.01. The number of rotatable bonds is 4. The normalized spacial score (nSPS) is 13.2. The highest BCUT2D eigenvalue weighted by Crippen LogP contribution is 2.38. The van der Waals surface area contributed by atoms with Crippen LogP contribution in [0, 0.1) is 11.3 Å². The molecule has 20 heavy (non-hydrogen) atoms. The predicted molar refractivity (Wildman–Crippen MR) is 72.2 cm³/mol. The SMILES string of the molecule is N#CCCCOC(=O)c1cc(Cl)c2c(c1)OCCCO2. The van der Waals surface area contributed by atoms with E-state index in [1.165, 1.54) is 6.07 Å². The highest BCUT2D eigenvalue weighted by molar-refractivity contribution is 6.32. The van der Waals surface area contributed by atoms with Gasteiger partial charge in [0.1, 0.15) is 0 Å². The molecule has 0 unspecified atom stereocenters. The van der Waals surface area contributed by atoms with Gasteiger partial charge in [-0.3, -0.25) is 0 Å². The van der Waals surface area contributed by atoms with E-state index in [-0.39, 0.29) is 6.61 Å². The average molecular weight is 296 g/mol. The third-order valence-electron chi connectivity index (χ3n) is 2.70. The molecule has 0 fully saturated rings. The van der Waals surface area contributed by atoms with Crippen LogP contribution in [0.3, 0.4) is 0 Å². The third-order valence-corrected chi connectivity index (χ3v) is 2.98. The third kappa shape index (κ3) is 3.55. The molecule has 0 spiro atoms. The fourth-order valence-corrected chi connectivity index (χ4v) is 2.01. The quantitative estimate of drug-likeness (QED) is 0.631. The van der Waals surface area contributed by atoms with Gasteiger partial charge in [-0.25, -0.2) is 4.79 Å². The van der Waals surface area contributed by atoms with E-state index < -0.39 is 5.97 Å². The Morgan fingerprint density at radius 1 is 1.40 bits per heavy atom. The lowest BCUT2D eigenvalue weighted by atomic mass is 10.2. The van der Waals surface area contributed by atoms with Crippen LogP contribution in [0.4, 0.5) is 0 Å². The number of carbonyl (C=O) groups is 1. The highest BCUT2D eigenvalue weighted by atomic mass is 35.5. The molecule has 0 amide bonds. The van der Waals surface area contributed by atoms with Crippen LogP contribution in [0.25, 0.3) is 0 Å². The summed E-state index contributed by atoms with van der Waals surface area (Å²) in [6, 6.07) is 5.06. The fourth-order valence-electron chi connectivity index (χ4n) is 1.75. The summed E-state index contributed by atoms with van der Waals surface area (Å²) in [5.41, 5.74) is 0.316. The fraction of sp³-hybridized carbons (Fsp3) is 0.429. The first-order chi connectivity index (χ1) is 9.72. The molecule has 0 aliphatic carbocycles. The van der Waals surface area contributed by atoms with E-state index in [4.69, 9.17) is 31.1 Å². The molecule has 1 aromatic carbocycles. The molecular weight excluding hydrogens is 282 g/mol. The zero-order chi connectivity index (χ0) is 14.4. The van der Waals surface area contributed by atoms with Crippen molar-refractivity contribution in [2.75, 3.05) is 19.8 Å².